The zero-order chi connectivity index (χ0) is 23.3. The molecule has 0 spiro atoms. The van der Waals surface area contributed by atoms with Crippen molar-refractivity contribution < 1.29 is 14.3 Å². The second-order valence-corrected chi connectivity index (χ2v) is 9.35. The summed E-state index contributed by atoms with van der Waals surface area (Å²) in [5.41, 5.74) is 4.69. The molecular formula is C28H25N3O3. The zero-order valence-corrected chi connectivity index (χ0v) is 19.1. The fourth-order valence-corrected chi connectivity index (χ4v) is 4.82. The standard InChI is InChI=1S/C28H25N3O3/c1-28(2)16-29-24(18-9-5-3-6-10-18)23-25(30-28)27(32)31(20-11-7-4-8-12-20)26(23)19-13-14-21-22(15-19)34-17-33-21/h3-15,26,30H,16-17H2,1-2H3. The van der Waals surface area contributed by atoms with Crippen molar-refractivity contribution in [1.82, 2.24) is 5.32 Å². The first-order chi connectivity index (χ1) is 16.5. The predicted molar refractivity (Wildman–Crippen MR) is 131 cm³/mol. The Bertz CT molecular complexity index is 1330. The minimum atomic E-state index is -0.376. The second-order valence-electron chi connectivity index (χ2n) is 9.35. The molecule has 0 radical (unpaired) electrons. The van der Waals surface area contributed by atoms with Gasteiger partial charge in [-0.05, 0) is 43.7 Å². The van der Waals surface area contributed by atoms with Gasteiger partial charge >= 0.3 is 0 Å². The molecule has 1 N–H and O–H groups in total. The summed E-state index contributed by atoms with van der Waals surface area (Å²) in [4.78, 5) is 21.0. The molecule has 34 heavy (non-hydrogen) atoms. The zero-order valence-electron chi connectivity index (χ0n) is 19.1. The molecule has 0 aromatic heterocycles. The number of fused-ring (bicyclic) bond motifs is 1. The maximum absolute atomic E-state index is 14.1. The predicted octanol–water partition coefficient (Wildman–Crippen LogP) is 4.63. The molecule has 6 heteroatoms. The van der Waals surface area contributed by atoms with Crippen molar-refractivity contribution in [2.24, 2.45) is 4.99 Å². The Morgan fingerprint density at radius 3 is 2.41 bits per heavy atom. The van der Waals surface area contributed by atoms with Gasteiger partial charge in [0.1, 0.15) is 5.70 Å². The van der Waals surface area contributed by atoms with Crippen LogP contribution in [0.15, 0.2) is 95.1 Å². The Labute approximate surface area is 198 Å². The van der Waals surface area contributed by atoms with Gasteiger partial charge < -0.3 is 14.8 Å². The van der Waals surface area contributed by atoms with Crippen molar-refractivity contribution in [2.45, 2.75) is 25.4 Å². The van der Waals surface area contributed by atoms with Crippen LogP contribution in [0.2, 0.25) is 0 Å². The van der Waals surface area contributed by atoms with E-state index in [1.165, 1.54) is 0 Å². The number of carbonyl (C=O) groups is 1. The van der Waals surface area contributed by atoms with Crippen LogP contribution in [0.4, 0.5) is 5.69 Å². The van der Waals surface area contributed by atoms with Crippen LogP contribution in [0.25, 0.3) is 0 Å². The van der Waals surface area contributed by atoms with Crippen molar-refractivity contribution in [3.05, 3.63) is 101 Å². The van der Waals surface area contributed by atoms with Gasteiger partial charge in [-0.25, -0.2) is 0 Å². The maximum Gasteiger partial charge on any atom is 0.275 e. The van der Waals surface area contributed by atoms with Gasteiger partial charge in [-0.1, -0.05) is 54.6 Å². The van der Waals surface area contributed by atoms with Crippen molar-refractivity contribution in [1.29, 1.82) is 0 Å². The number of hydrogen-bond acceptors (Lipinski definition) is 5. The smallest absolute Gasteiger partial charge is 0.275 e. The summed E-state index contributed by atoms with van der Waals surface area (Å²) in [6, 6.07) is 25.4. The van der Waals surface area contributed by atoms with E-state index in [9.17, 15) is 4.79 Å². The van der Waals surface area contributed by atoms with E-state index in [0.29, 0.717) is 23.7 Å². The number of hydrogen-bond donors (Lipinski definition) is 1. The average Bonchev–Trinajstić information content (AvgIpc) is 3.39. The Hall–Kier alpha value is -4.06. The van der Waals surface area contributed by atoms with E-state index in [4.69, 9.17) is 14.5 Å². The molecule has 0 fully saturated rings. The van der Waals surface area contributed by atoms with Crippen LogP contribution in [0.1, 0.15) is 31.0 Å². The normalized spacial score (nSPS) is 20.5. The van der Waals surface area contributed by atoms with E-state index in [1.54, 1.807) is 0 Å². The molecule has 6 nitrogen and oxygen atoms in total. The third-order valence-corrected chi connectivity index (χ3v) is 6.38. The summed E-state index contributed by atoms with van der Waals surface area (Å²) in [6.45, 7) is 4.90. The number of benzene rings is 3. The van der Waals surface area contributed by atoms with Crippen molar-refractivity contribution in [3.8, 4) is 11.5 Å². The second kappa shape index (κ2) is 7.76. The van der Waals surface area contributed by atoms with Crippen molar-refractivity contribution in [3.63, 3.8) is 0 Å². The lowest BCUT2D eigenvalue weighted by molar-refractivity contribution is -0.115. The molecule has 3 aliphatic heterocycles. The number of aliphatic imine (C=N–C) groups is 1. The van der Waals surface area contributed by atoms with E-state index in [0.717, 1.165) is 28.1 Å². The first kappa shape index (κ1) is 20.5. The lowest BCUT2D eigenvalue weighted by atomic mass is 9.91. The molecule has 0 aliphatic carbocycles. The fraction of sp³-hybridized carbons (Fsp3) is 0.214. The number of rotatable bonds is 3. The lowest BCUT2D eigenvalue weighted by Crippen LogP contribution is -2.44. The molecule has 3 aliphatic rings. The lowest BCUT2D eigenvalue weighted by Gasteiger charge is -2.29. The van der Waals surface area contributed by atoms with E-state index in [2.05, 4.69) is 19.2 Å². The summed E-state index contributed by atoms with van der Waals surface area (Å²) in [5.74, 6) is 1.33. The van der Waals surface area contributed by atoms with Gasteiger partial charge in [0, 0.05) is 16.8 Å². The summed E-state index contributed by atoms with van der Waals surface area (Å²) >= 11 is 0. The van der Waals surface area contributed by atoms with Gasteiger partial charge in [-0.15, -0.1) is 0 Å². The Morgan fingerprint density at radius 2 is 1.65 bits per heavy atom. The van der Waals surface area contributed by atoms with E-state index in [-0.39, 0.29) is 24.3 Å². The monoisotopic (exact) mass is 451 g/mol. The molecular weight excluding hydrogens is 426 g/mol. The van der Waals surface area contributed by atoms with Crippen LogP contribution in [0.3, 0.4) is 0 Å². The van der Waals surface area contributed by atoms with Crippen LogP contribution in [-0.2, 0) is 4.79 Å². The van der Waals surface area contributed by atoms with Crippen LogP contribution in [0.5, 0.6) is 11.5 Å². The van der Waals surface area contributed by atoms with Gasteiger partial charge in [0.25, 0.3) is 5.91 Å². The maximum atomic E-state index is 14.1. The van der Waals surface area contributed by atoms with E-state index < -0.39 is 0 Å². The largest absolute Gasteiger partial charge is 0.454 e. The minimum absolute atomic E-state index is 0.0672. The highest BCUT2D eigenvalue weighted by Crippen LogP contribution is 2.45. The van der Waals surface area contributed by atoms with Gasteiger partial charge in [-0.3, -0.25) is 14.7 Å². The molecule has 3 aromatic rings. The molecule has 170 valence electrons. The van der Waals surface area contributed by atoms with E-state index in [1.807, 2.05) is 83.8 Å². The summed E-state index contributed by atoms with van der Waals surface area (Å²) in [5, 5.41) is 3.54. The first-order valence-electron chi connectivity index (χ1n) is 11.4. The number of ether oxygens (including phenoxy) is 2. The average molecular weight is 452 g/mol. The van der Waals surface area contributed by atoms with Crippen molar-refractivity contribution in [2.75, 3.05) is 18.2 Å². The quantitative estimate of drug-likeness (QED) is 0.631. The highest BCUT2D eigenvalue weighted by Gasteiger charge is 2.46. The Morgan fingerprint density at radius 1 is 0.941 bits per heavy atom. The highest BCUT2D eigenvalue weighted by atomic mass is 16.7. The molecule has 1 unspecified atom stereocenters. The number of amides is 1. The van der Waals surface area contributed by atoms with Crippen molar-refractivity contribution >= 4 is 17.3 Å². The molecule has 0 bridgehead atoms. The first-order valence-corrected chi connectivity index (χ1v) is 11.4. The molecule has 0 saturated carbocycles. The Balaban J connectivity index is 1.59. The molecule has 1 atom stereocenters. The SMILES string of the molecule is CC1(C)CN=C(c2ccccc2)C2=C(N1)C(=O)N(c1ccccc1)C2c1ccc2c(c1)OCO2. The molecule has 0 saturated heterocycles. The van der Waals surface area contributed by atoms with E-state index >= 15 is 0 Å². The summed E-state index contributed by atoms with van der Waals surface area (Å²) < 4.78 is 11.2. The van der Waals surface area contributed by atoms with Gasteiger partial charge in [0.05, 0.1) is 23.8 Å². The number of para-hydroxylation sites is 1. The number of nitrogens with one attached hydrogen (secondary N) is 1. The topological polar surface area (TPSA) is 63.2 Å². The van der Waals surface area contributed by atoms with Gasteiger partial charge in [0.15, 0.2) is 11.5 Å². The fourth-order valence-electron chi connectivity index (χ4n) is 4.82. The van der Waals surface area contributed by atoms with Gasteiger partial charge in [0.2, 0.25) is 6.79 Å². The third-order valence-electron chi connectivity index (χ3n) is 6.38. The van der Waals surface area contributed by atoms with Crippen LogP contribution < -0.4 is 19.7 Å². The Kier molecular flexibility index (Phi) is 4.69. The summed E-state index contributed by atoms with van der Waals surface area (Å²) in [6.07, 6.45) is 0. The molecule has 1 amide bonds. The summed E-state index contributed by atoms with van der Waals surface area (Å²) in [7, 11) is 0. The highest BCUT2D eigenvalue weighted by molar-refractivity contribution is 6.23. The number of anilines is 1. The molecule has 3 aromatic carbocycles. The van der Waals surface area contributed by atoms with Gasteiger partial charge in [-0.2, -0.15) is 0 Å². The number of carbonyl (C=O) groups excluding carboxylic acids is 1. The third kappa shape index (κ3) is 3.34. The molecule has 3 heterocycles. The van der Waals surface area contributed by atoms with Crippen LogP contribution in [0, 0.1) is 0 Å². The molecule has 6 rings (SSSR count). The van der Waals surface area contributed by atoms with Crippen LogP contribution >= 0.6 is 0 Å². The number of nitrogens with zero attached hydrogens (tertiary/aromatic N) is 2. The van der Waals surface area contributed by atoms with Crippen LogP contribution in [-0.4, -0.2) is 30.5 Å². The minimum Gasteiger partial charge on any atom is -0.454 e.